The summed E-state index contributed by atoms with van der Waals surface area (Å²) in [6.45, 7) is 18.1. The summed E-state index contributed by atoms with van der Waals surface area (Å²) in [6.07, 6.45) is 0.337. The van der Waals surface area contributed by atoms with Crippen LogP contribution in [0, 0.1) is 0 Å². The molecule has 4 nitrogen and oxygen atoms in total. The second kappa shape index (κ2) is 10.1. The average Bonchev–Trinajstić information content (AvgIpc) is 2.37. The van der Waals surface area contributed by atoms with E-state index in [4.69, 9.17) is 17.7 Å². The molecule has 0 saturated heterocycles. The highest BCUT2D eigenvalue weighted by Crippen LogP contribution is 2.31. The standard InChI is InChI=1S/C15H36O4Si2/c1-9-16-20(11-3,17-10-2)13-21(12-4,18-14(5)6)19-15(7)8/h14-15H,9-13H2,1-8H3. The molecule has 0 aliphatic rings. The van der Waals surface area contributed by atoms with Crippen LogP contribution in [0.2, 0.25) is 17.8 Å². The van der Waals surface area contributed by atoms with Gasteiger partial charge in [-0.1, -0.05) is 13.8 Å². The minimum absolute atomic E-state index is 0.169. The van der Waals surface area contributed by atoms with Crippen molar-refractivity contribution in [2.45, 2.75) is 85.4 Å². The van der Waals surface area contributed by atoms with Crippen LogP contribution < -0.4 is 0 Å². The molecule has 0 radical (unpaired) electrons. The Kier molecular flexibility index (Phi) is 10.3. The van der Waals surface area contributed by atoms with Gasteiger partial charge in [-0.25, -0.2) is 0 Å². The third-order valence-corrected chi connectivity index (χ3v) is 13.2. The van der Waals surface area contributed by atoms with Crippen molar-refractivity contribution in [3.8, 4) is 0 Å². The van der Waals surface area contributed by atoms with Crippen LogP contribution in [0.4, 0.5) is 0 Å². The van der Waals surface area contributed by atoms with E-state index in [2.05, 4.69) is 41.5 Å². The molecule has 0 bridgehead atoms. The van der Waals surface area contributed by atoms with E-state index in [1.54, 1.807) is 0 Å². The lowest BCUT2D eigenvalue weighted by atomic mass is 10.5. The normalized spacial score (nSPS) is 13.4. The Morgan fingerprint density at radius 2 is 1.05 bits per heavy atom. The molecule has 128 valence electrons. The van der Waals surface area contributed by atoms with Gasteiger partial charge in [0.2, 0.25) is 0 Å². The lowest BCUT2D eigenvalue weighted by molar-refractivity contribution is 0.103. The summed E-state index contributed by atoms with van der Waals surface area (Å²) in [5.41, 5.74) is 0.852. The molecule has 0 amide bonds. The largest absolute Gasteiger partial charge is 0.395 e. The van der Waals surface area contributed by atoms with Gasteiger partial charge in [-0.2, -0.15) is 0 Å². The van der Waals surface area contributed by atoms with Crippen molar-refractivity contribution in [1.29, 1.82) is 0 Å². The summed E-state index contributed by atoms with van der Waals surface area (Å²) >= 11 is 0. The lowest BCUT2D eigenvalue weighted by Gasteiger charge is -2.39. The van der Waals surface area contributed by atoms with Crippen molar-refractivity contribution in [1.82, 2.24) is 0 Å². The minimum atomic E-state index is -2.31. The van der Waals surface area contributed by atoms with Crippen molar-refractivity contribution >= 4 is 17.1 Å². The van der Waals surface area contributed by atoms with E-state index < -0.39 is 17.1 Å². The van der Waals surface area contributed by atoms with E-state index in [0.29, 0.717) is 13.2 Å². The fraction of sp³-hybridized carbons (Fsp3) is 1.00. The molecule has 0 unspecified atom stereocenters. The predicted octanol–water partition coefficient (Wildman–Crippen LogP) is 4.37. The van der Waals surface area contributed by atoms with E-state index in [1.165, 1.54) is 0 Å². The summed E-state index contributed by atoms with van der Waals surface area (Å²) in [5, 5.41) is 0. The van der Waals surface area contributed by atoms with E-state index >= 15 is 0 Å². The Morgan fingerprint density at radius 1 is 0.667 bits per heavy atom. The lowest BCUT2D eigenvalue weighted by Crippen LogP contribution is -2.56. The fourth-order valence-electron chi connectivity index (χ4n) is 2.67. The van der Waals surface area contributed by atoms with Crippen LogP contribution in [-0.4, -0.2) is 42.5 Å². The van der Waals surface area contributed by atoms with Crippen molar-refractivity contribution in [2.75, 3.05) is 13.2 Å². The Balaban J connectivity index is 5.36. The molecule has 0 saturated carbocycles. The SMILES string of the molecule is CCO[Si](CC)(C[Si](CC)(OC(C)C)OC(C)C)OCC. The highest BCUT2D eigenvalue weighted by molar-refractivity contribution is 6.86. The molecule has 0 N–H and O–H groups in total. The molecule has 0 aromatic carbocycles. The topological polar surface area (TPSA) is 36.9 Å². The first-order valence-electron chi connectivity index (χ1n) is 8.42. The zero-order valence-corrected chi connectivity index (χ0v) is 17.3. The third-order valence-electron chi connectivity index (χ3n) is 3.33. The van der Waals surface area contributed by atoms with E-state index in [1.807, 2.05) is 13.8 Å². The van der Waals surface area contributed by atoms with E-state index in [9.17, 15) is 0 Å². The second-order valence-electron chi connectivity index (χ2n) is 5.90. The molecule has 0 aliphatic carbocycles. The quantitative estimate of drug-likeness (QED) is 0.496. The van der Waals surface area contributed by atoms with Gasteiger partial charge in [-0.3, -0.25) is 0 Å². The first kappa shape index (κ1) is 21.3. The summed E-state index contributed by atoms with van der Waals surface area (Å²) in [7, 11) is -4.56. The summed E-state index contributed by atoms with van der Waals surface area (Å²) in [5.74, 6) is 0. The fourth-order valence-corrected chi connectivity index (χ4v) is 13.1. The van der Waals surface area contributed by atoms with E-state index in [-0.39, 0.29) is 12.2 Å². The first-order valence-corrected chi connectivity index (χ1v) is 12.9. The Labute approximate surface area is 134 Å². The minimum Gasteiger partial charge on any atom is -0.395 e. The number of hydrogen-bond acceptors (Lipinski definition) is 4. The van der Waals surface area contributed by atoms with Crippen LogP contribution in [0.3, 0.4) is 0 Å². The maximum atomic E-state index is 6.34. The van der Waals surface area contributed by atoms with Gasteiger partial charge in [-0.15, -0.1) is 0 Å². The molecule has 0 heterocycles. The van der Waals surface area contributed by atoms with Crippen LogP contribution in [-0.2, 0) is 17.7 Å². The zero-order chi connectivity index (χ0) is 16.5. The molecule has 0 atom stereocenters. The molecule has 0 aromatic rings. The molecule has 21 heavy (non-hydrogen) atoms. The molecule has 6 heteroatoms. The molecule has 0 spiro atoms. The Morgan fingerprint density at radius 3 is 1.29 bits per heavy atom. The van der Waals surface area contributed by atoms with Gasteiger partial charge >= 0.3 is 17.1 Å². The van der Waals surface area contributed by atoms with Gasteiger partial charge in [0.1, 0.15) is 0 Å². The smallest absolute Gasteiger partial charge is 0.340 e. The van der Waals surface area contributed by atoms with Gasteiger partial charge in [0.25, 0.3) is 0 Å². The van der Waals surface area contributed by atoms with Crippen LogP contribution in [0.15, 0.2) is 0 Å². The van der Waals surface area contributed by atoms with Crippen LogP contribution >= 0.6 is 0 Å². The van der Waals surface area contributed by atoms with Gasteiger partial charge in [0.15, 0.2) is 0 Å². The maximum Gasteiger partial charge on any atom is 0.340 e. The first-order chi connectivity index (χ1) is 9.78. The van der Waals surface area contributed by atoms with Crippen LogP contribution in [0.1, 0.15) is 55.4 Å². The molecule has 0 fully saturated rings. The number of rotatable bonds is 12. The molecule has 0 rings (SSSR count). The van der Waals surface area contributed by atoms with E-state index in [0.717, 1.165) is 17.8 Å². The van der Waals surface area contributed by atoms with Crippen molar-refractivity contribution in [3.63, 3.8) is 0 Å². The average molecular weight is 337 g/mol. The molecule has 0 aliphatic heterocycles. The molecular formula is C15H36O4Si2. The monoisotopic (exact) mass is 336 g/mol. The van der Waals surface area contributed by atoms with Crippen molar-refractivity contribution in [3.05, 3.63) is 0 Å². The third kappa shape index (κ3) is 7.39. The second-order valence-corrected chi connectivity index (χ2v) is 13.4. The summed E-state index contributed by atoms with van der Waals surface area (Å²) < 4.78 is 24.9. The Hall–Kier alpha value is 0.274. The van der Waals surface area contributed by atoms with Crippen LogP contribution in [0.5, 0.6) is 0 Å². The highest BCUT2D eigenvalue weighted by atomic mass is 28.4. The molecular weight excluding hydrogens is 300 g/mol. The molecule has 0 aromatic heterocycles. The van der Waals surface area contributed by atoms with Crippen molar-refractivity contribution < 1.29 is 17.7 Å². The highest BCUT2D eigenvalue weighted by Gasteiger charge is 2.50. The van der Waals surface area contributed by atoms with Gasteiger partial charge in [-0.05, 0) is 53.6 Å². The number of hydrogen-bond donors (Lipinski definition) is 0. The summed E-state index contributed by atoms with van der Waals surface area (Å²) in [6, 6.07) is 1.87. The summed E-state index contributed by atoms with van der Waals surface area (Å²) in [4.78, 5) is 0. The van der Waals surface area contributed by atoms with Gasteiger partial charge in [0, 0.05) is 31.1 Å². The van der Waals surface area contributed by atoms with Gasteiger partial charge < -0.3 is 17.7 Å². The predicted molar refractivity (Wildman–Crippen MR) is 93.0 cm³/mol. The van der Waals surface area contributed by atoms with Gasteiger partial charge in [0.05, 0.1) is 0 Å². The van der Waals surface area contributed by atoms with Crippen LogP contribution in [0.25, 0.3) is 0 Å². The Bertz CT molecular complexity index is 256. The van der Waals surface area contributed by atoms with Crippen molar-refractivity contribution in [2.24, 2.45) is 0 Å². The maximum absolute atomic E-state index is 6.34. The zero-order valence-electron chi connectivity index (χ0n) is 15.3.